The standard InChI is InChI=1S/C6H5ClN2O2.C6H14N2O.C5H9N3S/c1-4-2-6(7)8-3-5(4)9(10)11;7-1-2-8-3-5-9-6-4-8;1-3(2)4-7-8-5(6)9-4/h2-3H,1H3;1-7H2;3H,1-2H3,(H2,6,8). The van der Waals surface area contributed by atoms with Crippen molar-refractivity contribution < 1.29 is 9.66 Å². The molecule has 0 amide bonds. The molecule has 3 heterocycles. The summed E-state index contributed by atoms with van der Waals surface area (Å²) in [5, 5.41) is 19.6. The molecule has 1 saturated heterocycles. The van der Waals surface area contributed by atoms with E-state index in [0.29, 0.717) is 16.6 Å². The highest BCUT2D eigenvalue weighted by Gasteiger charge is 2.10. The van der Waals surface area contributed by atoms with Crippen LogP contribution in [0.25, 0.3) is 0 Å². The van der Waals surface area contributed by atoms with Gasteiger partial charge in [0.1, 0.15) is 16.4 Å². The van der Waals surface area contributed by atoms with Crippen LogP contribution in [0.15, 0.2) is 12.3 Å². The Kier molecular flexibility index (Phi) is 11.5. The average Bonchev–Trinajstić information content (AvgIpc) is 3.10. The predicted octanol–water partition coefficient (Wildman–Crippen LogP) is 2.47. The number of aromatic nitrogens is 3. The van der Waals surface area contributed by atoms with Crippen LogP contribution in [0.1, 0.15) is 30.3 Å². The molecule has 10 nitrogen and oxygen atoms in total. The molecule has 4 N–H and O–H groups in total. The van der Waals surface area contributed by atoms with E-state index in [1.54, 1.807) is 6.92 Å². The molecule has 0 bridgehead atoms. The summed E-state index contributed by atoms with van der Waals surface area (Å²) in [5.41, 5.74) is 11.3. The van der Waals surface area contributed by atoms with E-state index in [9.17, 15) is 10.1 Å². The molecular weight excluding hydrogens is 418 g/mol. The number of rotatable bonds is 4. The molecule has 2 aromatic heterocycles. The molecule has 3 rings (SSSR count). The minimum Gasteiger partial charge on any atom is -0.379 e. The Morgan fingerprint density at radius 1 is 1.38 bits per heavy atom. The second kappa shape index (κ2) is 13.3. The molecule has 0 saturated carbocycles. The van der Waals surface area contributed by atoms with Gasteiger partial charge in [-0.3, -0.25) is 15.0 Å². The number of morpholine rings is 1. The molecule has 0 aliphatic carbocycles. The highest BCUT2D eigenvalue weighted by molar-refractivity contribution is 7.15. The third-order valence-electron chi connectivity index (χ3n) is 3.75. The number of aryl methyl sites for hydroxylation is 1. The summed E-state index contributed by atoms with van der Waals surface area (Å²) < 4.78 is 5.16. The molecule has 0 unspecified atom stereocenters. The van der Waals surface area contributed by atoms with Crippen LogP contribution in [0.2, 0.25) is 5.15 Å². The van der Waals surface area contributed by atoms with Gasteiger partial charge in [-0.25, -0.2) is 4.98 Å². The lowest BCUT2D eigenvalue weighted by atomic mass is 10.2. The molecule has 1 aliphatic heterocycles. The van der Waals surface area contributed by atoms with E-state index in [0.717, 1.165) is 50.6 Å². The van der Waals surface area contributed by atoms with Crippen molar-refractivity contribution in [2.24, 2.45) is 5.73 Å². The van der Waals surface area contributed by atoms with Crippen molar-refractivity contribution in [1.29, 1.82) is 0 Å². The third-order valence-corrected chi connectivity index (χ3v) is 5.01. The van der Waals surface area contributed by atoms with Gasteiger partial charge in [0, 0.05) is 37.7 Å². The molecule has 2 aromatic rings. The number of ether oxygens (including phenoxy) is 1. The van der Waals surface area contributed by atoms with Gasteiger partial charge in [0.25, 0.3) is 5.69 Å². The third kappa shape index (κ3) is 9.90. The highest BCUT2D eigenvalue weighted by Crippen LogP contribution is 2.19. The number of nitrogens with zero attached hydrogens (tertiary/aromatic N) is 5. The molecule has 1 aliphatic rings. The van der Waals surface area contributed by atoms with Gasteiger partial charge >= 0.3 is 0 Å². The average molecular weight is 446 g/mol. The summed E-state index contributed by atoms with van der Waals surface area (Å²) in [4.78, 5) is 15.7. The summed E-state index contributed by atoms with van der Waals surface area (Å²) in [6.45, 7) is 11.4. The fourth-order valence-electron chi connectivity index (χ4n) is 2.19. The lowest BCUT2D eigenvalue weighted by molar-refractivity contribution is -0.385. The Labute approximate surface area is 179 Å². The van der Waals surface area contributed by atoms with Crippen LogP contribution in [0.4, 0.5) is 10.8 Å². The summed E-state index contributed by atoms with van der Waals surface area (Å²) in [7, 11) is 0. The second-order valence-electron chi connectivity index (χ2n) is 6.43. The highest BCUT2D eigenvalue weighted by atomic mass is 35.5. The Balaban J connectivity index is 0.000000219. The zero-order chi connectivity index (χ0) is 21.8. The Morgan fingerprint density at radius 3 is 2.45 bits per heavy atom. The topological polar surface area (TPSA) is 146 Å². The summed E-state index contributed by atoms with van der Waals surface area (Å²) in [5.74, 6) is 0.444. The van der Waals surface area contributed by atoms with Gasteiger partial charge in [0.15, 0.2) is 0 Å². The molecule has 162 valence electrons. The van der Waals surface area contributed by atoms with E-state index < -0.39 is 4.92 Å². The van der Waals surface area contributed by atoms with Crippen LogP contribution < -0.4 is 11.5 Å². The van der Waals surface area contributed by atoms with Crippen molar-refractivity contribution in [3.05, 3.63) is 38.1 Å². The number of nitro groups is 1. The van der Waals surface area contributed by atoms with Crippen molar-refractivity contribution in [2.45, 2.75) is 26.7 Å². The maximum absolute atomic E-state index is 10.3. The normalized spacial score (nSPS) is 13.9. The van der Waals surface area contributed by atoms with E-state index in [-0.39, 0.29) is 10.8 Å². The number of hydrogen-bond donors (Lipinski definition) is 2. The second-order valence-corrected chi connectivity index (χ2v) is 7.85. The molecule has 29 heavy (non-hydrogen) atoms. The van der Waals surface area contributed by atoms with Crippen LogP contribution in [0.3, 0.4) is 0 Å². The van der Waals surface area contributed by atoms with Crippen molar-refractivity contribution in [1.82, 2.24) is 20.1 Å². The first kappa shape index (κ1) is 25.1. The Hall–Kier alpha value is -1.92. The molecule has 0 radical (unpaired) electrons. The van der Waals surface area contributed by atoms with Gasteiger partial charge in [-0.05, 0) is 13.0 Å². The molecule has 1 fully saturated rings. The van der Waals surface area contributed by atoms with Gasteiger partial charge < -0.3 is 16.2 Å². The Bertz CT molecular complexity index is 752. The van der Waals surface area contributed by atoms with Crippen LogP contribution in [0, 0.1) is 17.0 Å². The lowest BCUT2D eigenvalue weighted by Crippen LogP contribution is -2.39. The first-order valence-electron chi connectivity index (χ1n) is 9.10. The van der Waals surface area contributed by atoms with Crippen molar-refractivity contribution in [3.63, 3.8) is 0 Å². The number of anilines is 1. The van der Waals surface area contributed by atoms with Crippen LogP contribution in [-0.4, -0.2) is 64.4 Å². The summed E-state index contributed by atoms with van der Waals surface area (Å²) in [6, 6.07) is 1.46. The van der Waals surface area contributed by atoms with Gasteiger partial charge in [-0.15, -0.1) is 10.2 Å². The fraction of sp³-hybridized carbons (Fsp3) is 0.588. The predicted molar refractivity (Wildman–Crippen MR) is 115 cm³/mol. The van der Waals surface area contributed by atoms with Crippen LogP contribution in [-0.2, 0) is 4.74 Å². The van der Waals surface area contributed by atoms with Gasteiger partial charge in [-0.1, -0.05) is 36.8 Å². The van der Waals surface area contributed by atoms with Gasteiger partial charge in [0.2, 0.25) is 5.13 Å². The zero-order valence-corrected chi connectivity index (χ0v) is 18.4. The molecule has 0 aromatic carbocycles. The first-order chi connectivity index (χ1) is 13.7. The smallest absolute Gasteiger partial charge is 0.290 e. The Morgan fingerprint density at radius 2 is 2.03 bits per heavy atom. The number of hydrogen-bond acceptors (Lipinski definition) is 10. The number of nitrogen functional groups attached to an aromatic ring is 1. The number of pyridine rings is 1. The molecule has 12 heteroatoms. The lowest BCUT2D eigenvalue weighted by Gasteiger charge is -2.25. The summed E-state index contributed by atoms with van der Waals surface area (Å²) >= 11 is 6.94. The largest absolute Gasteiger partial charge is 0.379 e. The zero-order valence-electron chi connectivity index (χ0n) is 16.9. The van der Waals surface area contributed by atoms with Gasteiger partial charge in [0.05, 0.1) is 18.1 Å². The van der Waals surface area contributed by atoms with E-state index in [1.807, 2.05) is 0 Å². The quantitative estimate of drug-likeness (QED) is 0.411. The van der Waals surface area contributed by atoms with Crippen LogP contribution >= 0.6 is 22.9 Å². The first-order valence-corrected chi connectivity index (χ1v) is 10.3. The molecule has 0 atom stereocenters. The molecular formula is C17H28ClN7O3S. The van der Waals surface area contributed by atoms with Crippen molar-refractivity contribution in [3.8, 4) is 0 Å². The van der Waals surface area contributed by atoms with E-state index in [4.69, 9.17) is 27.8 Å². The minimum absolute atomic E-state index is 0.00519. The van der Waals surface area contributed by atoms with Crippen LogP contribution in [0.5, 0.6) is 0 Å². The maximum Gasteiger partial charge on any atom is 0.290 e. The minimum atomic E-state index is -0.487. The number of nitrogens with two attached hydrogens (primary N) is 2. The fourth-order valence-corrected chi connectivity index (χ4v) is 3.02. The van der Waals surface area contributed by atoms with Crippen molar-refractivity contribution in [2.75, 3.05) is 45.1 Å². The van der Waals surface area contributed by atoms with Gasteiger partial charge in [-0.2, -0.15) is 0 Å². The summed E-state index contributed by atoms with van der Waals surface area (Å²) in [6.07, 6.45) is 1.15. The van der Waals surface area contributed by atoms with E-state index in [1.165, 1.54) is 17.4 Å². The SMILES string of the molecule is CC(C)c1nnc(N)s1.Cc1cc(Cl)ncc1[N+](=O)[O-].NCCN1CCOCC1. The molecule has 0 spiro atoms. The monoisotopic (exact) mass is 445 g/mol. The van der Waals surface area contributed by atoms with E-state index >= 15 is 0 Å². The maximum atomic E-state index is 10.3. The number of halogens is 1. The van der Waals surface area contributed by atoms with E-state index in [2.05, 4.69) is 33.9 Å². The van der Waals surface area contributed by atoms with Crippen molar-refractivity contribution >= 4 is 33.8 Å².